The highest BCUT2D eigenvalue weighted by molar-refractivity contribution is 5.70. The Balaban J connectivity index is 1.82. The summed E-state index contributed by atoms with van der Waals surface area (Å²) in [6, 6.07) is 11.3. The van der Waals surface area contributed by atoms with Crippen molar-refractivity contribution in [3.8, 4) is 23.0 Å². The van der Waals surface area contributed by atoms with Crippen molar-refractivity contribution in [1.82, 2.24) is 5.43 Å². The summed E-state index contributed by atoms with van der Waals surface area (Å²) in [5.74, 6) is 3.50. The monoisotopic (exact) mass is 400 g/mol. The van der Waals surface area contributed by atoms with Crippen molar-refractivity contribution in [1.29, 1.82) is 0 Å². The van der Waals surface area contributed by atoms with E-state index >= 15 is 0 Å². The van der Waals surface area contributed by atoms with Gasteiger partial charge >= 0.3 is 0 Å². The first kappa shape index (κ1) is 20.5. The first-order valence-corrected chi connectivity index (χ1v) is 9.94. The molecular formula is C22H28N2O5. The summed E-state index contributed by atoms with van der Waals surface area (Å²) < 4.78 is 22.7. The maximum atomic E-state index is 6.05. The van der Waals surface area contributed by atoms with Gasteiger partial charge in [0.05, 0.1) is 38.2 Å². The molecule has 0 atom stereocenters. The predicted octanol–water partition coefficient (Wildman–Crippen LogP) is 4.54. The van der Waals surface area contributed by atoms with Gasteiger partial charge < -0.3 is 23.8 Å². The van der Waals surface area contributed by atoms with E-state index in [1.165, 1.54) is 0 Å². The van der Waals surface area contributed by atoms with Gasteiger partial charge in [-0.15, -0.1) is 5.17 Å². The third kappa shape index (κ3) is 4.80. The molecular weight excluding hydrogens is 372 g/mol. The molecule has 0 bridgehead atoms. The van der Waals surface area contributed by atoms with Crippen molar-refractivity contribution in [3.05, 3.63) is 48.2 Å². The topological polar surface area (TPSA) is 61.4 Å². The summed E-state index contributed by atoms with van der Waals surface area (Å²) in [5, 5.41) is 1.56. The van der Waals surface area contributed by atoms with Gasteiger partial charge in [-0.1, -0.05) is 0 Å². The molecule has 2 aromatic carbocycles. The molecule has 1 aliphatic rings. The molecule has 0 fully saturated rings. The lowest BCUT2D eigenvalue weighted by atomic mass is 10.1. The van der Waals surface area contributed by atoms with Crippen molar-refractivity contribution in [3.63, 3.8) is 0 Å². The molecule has 0 amide bonds. The molecule has 0 spiro atoms. The van der Waals surface area contributed by atoms with Crippen LogP contribution in [0.4, 0.5) is 5.69 Å². The largest absolute Gasteiger partial charge is 0.494 e. The molecule has 0 saturated carbocycles. The lowest BCUT2D eigenvalue weighted by Crippen LogP contribution is -2.28. The number of hydrazine groups is 1. The summed E-state index contributed by atoms with van der Waals surface area (Å²) in [6.07, 6.45) is 1.78. The van der Waals surface area contributed by atoms with E-state index in [9.17, 15) is 0 Å². The Morgan fingerprint density at radius 2 is 1.34 bits per heavy atom. The Morgan fingerprint density at radius 1 is 0.759 bits per heavy atom. The van der Waals surface area contributed by atoms with Crippen LogP contribution in [0.5, 0.6) is 23.0 Å². The number of nitrogens with zero attached hydrogens (tertiary/aromatic N) is 1. The number of benzene rings is 2. The van der Waals surface area contributed by atoms with Crippen molar-refractivity contribution in [2.75, 3.05) is 31.6 Å². The lowest BCUT2D eigenvalue weighted by molar-refractivity contribution is 0.235. The molecule has 7 heteroatoms. The molecule has 0 radical (unpaired) electrons. The van der Waals surface area contributed by atoms with Crippen LogP contribution >= 0.6 is 0 Å². The van der Waals surface area contributed by atoms with Gasteiger partial charge in [-0.05, 0) is 52.0 Å². The smallest absolute Gasteiger partial charge is 0.186 e. The molecule has 0 aliphatic carbocycles. The highest BCUT2D eigenvalue weighted by Gasteiger charge is 2.24. The Hall–Kier alpha value is -3.22. The van der Waals surface area contributed by atoms with Crippen LogP contribution in [-0.4, -0.2) is 26.4 Å². The standard InChI is InChI=1S/C22H28N2O5/c1-5-25-16-9-11-18(20(13-16)27-7-3)22-15-23-24(29-22)19-12-10-17(26-6-2)14-21(19)28-8-4/h9-15,23H,5-8H2,1-4H3. The number of rotatable bonds is 10. The van der Waals surface area contributed by atoms with E-state index < -0.39 is 0 Å². The molecule has 1 N–H and O–H groups in total. The minimum atomic E-state index is 0.532. The fourth-order valence-electron chi connectivity index (χ4n) is 2.94. The number of hydrogen-bond donors (Lipinski definition) is 1. The third-order valence-electron chi connectivity index (χ3n) is 4.09. The highest BCUT2D eigenvalue weighted by Crippen LogP contribution is 2.37. The zero-order chi connectivity index (χ0) is 20.6. The summed E-state index contributed by atoms with van der Waals surface area (Å²) >= 11 is 0. The summed E-state index contributed by atoms with van der Waals surface area (Å²) in [7, 11) is 0. The maximum absolute atomic E-state index is 6.05. The van der Waals surface area contributed by atoms with E-state index in [1.54, 1.807) is 11.4 Å². The Morgan fingerprint density at radius 3 is 2.00 bits per heavy atom. The van der Waals surface area contributed by atoms with Crippen LogP contribution in [-0.2, 0) is 4.84 Å². The number of nitrogens with one attached hydrogen (secondary N) is 1. The number of ether oxygens (including phenoxy) is 4. The van der Waals surface area contributed by atoms with Crippen molar-refractivity contribution in [2.45, 2.75) is 27.7 Å². The van der Waals surface area contributed by atoms with Crippen LogP contribution in [0.3, 0.4) is 0 Å². The van der Waals surface area contributed by atoms with Gasteiger partial charge in [0.2, 0.25) is 0 Å². The molecule has 3 rings (SSSR count). The zero-order valence-electron chi connectivity index (χ0n) is 17.4. The minimum absolute atomic E-state index is 0.532. The van der Waals surface area contributed by atoms with Gasteiger partial charge in [-0.3, -0.25) is 5.43 Å². The first-order chi connectivity index (χ1) is 14.2. The molecule has 29 heavy (non-hydrogen) atoms. The SMILES string of the molecule is CCOc1ccc(C2=CNN(c3ccc(OCC)cc3OCC)O2)c(OCC)c1. The Bertz CT molecular complexity index is 853. The van der Waals surface area contributed by atoms with Crippen molar-refractivity contribution in [2.24, 2.45) is 0 Å². The van der Waals surface area contributed by atoms with Gasteiger partial charge in [0, 0.05) is 12.1 Å². The summed E-state index contributed by atoms with van der Waals surface area (Å²) in [6.45, 7) is 10.0. The second-order valence-corrected chi connectivity index (χ2v) is 6.04. The minimum Gasteiger partial charge on any atom is -0.494 e. The first-order valence-electron chi connectivity index (χ1n) is 9.94. The average molecular weight is 400 g/mol. The molecule has 1 aliphatic heterocycles. The van der Waals surface area contributed by atoms with Crippen LogP contribution in [0, 0.1) is 0 Å². The van der Waals surface area contributed by atoms with E-state index in [0.717, 1.165) is 22.7 Å². The fourth-order valence-corrected chi connectivity index (χ4v) is 2.94. The van der Waals surface area contributed by atoms with Gasteiger partial charge in [0.25, 0.3) is 0 Å². The van der Waals surface area contributed by atoms with E-state index in [1.807, 2.05) is 64.1 Å². The maximum Gasteiger partial charge on any atom is 0.186 e. The summed E-state index contributed by atoms with van der Waals surface area (Å²) in [4.78, 5) is 6.05. The Kier molecular flexibility index (Phi) is 6.94. The van der Waals surface area contributed by atoms with Crippen LogP contribution < -0.4 is 29.5 Å². The highest BCUT2D eigenvalue weighted by atomic mass is 16.7. The van der Waals surface area contributed by atoms with Crippen LogP contribution in [0.2, 0.25) is 0 Å². The van der Waals surface area contributed by atoms with Gasteiger partial charge in [-0.2, -0.15) is 0 Å². The van der Waals surface area contributed by atoms with Crippen molar-refractivity contribution >= 4 is 11.4 Å². The molecule has 0 saturated heterocycles. The Labute approximate surface area is 171 Å². The van der Waals surface area contributed by atoms with Gasteiger partial charge in [-0.25, -0.2) is 0 Å². The molecule has 156 valence electrons. The van der Waals surface area contributed by atoms with E-state index in [0.29, 0.717) is 43.7 Å². The zero-order valence-corrected chi connectivity index (χ0v) is 17.4. The molecule has 2 aromatic rings. The normalized spacial score (nSPS) is 12.7. The molecule has 0 aromatic heterocycles. The lowest BCUT2D eigenvalue weighted by Gasteiger charge is -2.21. The van der Waals surface area contributed by atoms with Crippen LogP contribution in [0.25, 0.3) is 5.76 Å². The third-order valence-corrected chi connectivity index (χ3v) is 4.09. The second-order valence-electron chi connectivity index (χ2n) is 6.04. The van der Waals surface area contributed by atoms with Gasteiger partial charge in [0.1, 0.15) is 22.9 Å². The number of hydrogen-bond acceptors (Lipinski definition) is 7. The quantitative estimate of drug-likeness (QED) is 0.628. The van der Waals surface area contributed by atoms with E-state index in [2.05, 4.69) is 5.43 Å². The average Bonchev–Trinajstić information content (AvgIpc) is 3.19. The molecule has 0 unspecified atom stereocenters. The van der Waals surface area contributed by atoms with Crippen LogP contribution in [0.15, 0.2) is 42.6 Å². The van der Waals surface area contributed by atoms with E-state index in [-0.39, 0.29) is 0 Å². The number of anilines is 1. The van der Waals surface area contributed by atoms with Crippen LogP contribution in [0.1, 0.15) is 33.3 Å². The summed E-state index contributed by atoms with van der Waals surface area (Å²) in [5.41, 5.74) is 4.69. The second kappa shape index (κ2) is 9.82. The molecule has 1 heterocycles. The fraction of sp³-hybridized carbons (Fsp3) is 0.364. The van der Waals surface area contributed by atoms with Crippen molar-refractivity contribution < 1.29 is 23.8 Å². The van der Waals surface area contributed by atoms with E-state index in [4.69, 9.17) is 23.8 Å². The van der Waals surface area contributed by atoms with Gasteiger partial charge in [0.15, 0.2) is 11.5 Å². The molecule has 7 nitrogen and oxygen atoms in total. The predicted molar refractivity (Wildman–Crippen MR) is 112 cm³/mol.